The first-order valence-electron chi connectivity index (χ1n) is 9.58. The second-order valence-corrected chi connectivity index (χ2v) is 8.97. The average molecular weight is 471 g/mol. The van der Waals surface area contributed by atoms with Gasteiger partial charge in [-0.3, -0.25) is 14.5 Å². The lowest BCUT2D eigenvalue weighted by molar-refractivity contribution is -0.142. The molecule has 162 valence electrons. The summed E-state index contributed by atoms with van der Waals surface area (Å²) in [7, 11) is 1.54. The third kappa shape index (κ3) is 5.92. The lowest BCUT2D eigenvalue weighted by atomic mass is 10.2. The summed E-state index contributed by atoms with van der Waals surface area (Å²) in [5, 5.41) is 4.81. The van der Waals surface area contributed by atoms with E-state index in [-0.39, 0.29) is 11.8 Å². The number of halogens is 2. The van der Waals surface area contributed by atoms with E-state index in [2.05, 4.69) is 15.2 Å². The van der Waals surface area contributed by atoms with Gasteiger partial charge in [0, 0.05) is 49.9 Å². The van der Waals surface area contributed by atoms with Gasteiger partial charge in [0.25, 0.3) is 11.8 Å². The van der Waals surface area contributed by atoms with Gasteiger partial charge in [0.1, 0.15) is 16.0 Å². The monoisotopic (exact) mass is 470 g/mol. The molecule has 1 N–H and O–H groups in total. The summed E-state index contributed by atoms with van der Waals surface area (Å²) in [6.07, 6.45) is 1.18. The first kappa shape index (κ1) is 23.0. The molecule has 10 heteroatoms. The van der Waals surface area contributed by atoms with Crippen molar-refractivity contribution in [2.45, 2.75) is 26.1 Å². The summed E-state index contributed by atoms with van der Waals surface area (Å²) in [5.74, 6) is -0.167. The quantitative estimate of drug-likeness (QED) is 0.672. The molecule has 0 bridgehead atoms. The van der Waals surface area contributed by atoms with Gasteiger partial charge < -0.3 is 15.0 Å². The second-order valence-electron chi connectivity index (χ2n) is 7.02. The summed E-state index contributed by atoms with van der Waals surface area (Å²) >= 11 is 13.4. The minimum absolute atomic E-state index is 0.0196. The van der Waals surface area contributed by atoms with Gasteiger partial charge in [-0.15, -0.1) is 11.3 Å². The first-order chi connectivity index (χ1) is 14.4. The van der Waals surface area contributed by atoms with Crippen LogP contribution in [0.5, 0.6) is 0 Å². The van der Waals surface area contributed by atoms with Crippen molar-refractivity contribution >= 4 is 46.4 Å². The number of hydrogen-bond acceptors (Lipinski definition) is 6. The molecule has 0 spiro atoms. The van der Waals surface area contributed by atoms with E-state index in [9.17, 15) is 9.59 Å². The Kier molecular flexibility index (Phi) is 8.07. The summed E-state index contributed by atoms with van der Waals surface area (Å²) in [6.45, 7) is 5.58. The normalized spacial score (nSPS) is 15.8. The number of methoxy groups -OCH3 is 1. The van der Waals surface area contributed by atoms with E-state index >= 15 is 0 Å². The maximum absolute atomic E-state index is 12.4. The third-order valence-electron chi connectivity index (χ3n) is 4.98. The maximum Gasteiger partial charge on any atom is 0.263 e. The number of piperazine rings is 1. The molecule has 2 amide bonds. The van der Waals surface area contributed by atoms with Crippen molar-refractivity contribution in [2.24, 2.45) is 0 Å². The second kappa shape index (κ2) is 10.5. The number of nitrogens with one attached hydrogen (secondary N) is 1. The molecule has 1 saturated heterocycles. The molecule has 1 atom stereocenters. The summed E-state index contributed by atoms with van der Waals surface area (Å²) < 4.78 is 5.11. The van der Waals surface area contributed by atoms with Crippen LogP contribution in [0.1, 0.15) is 27.2 Å². The van der Waals surface area contributed by atoms with Crippen molar-refractivity contribution in [2.75, 3.05) is 33.3 Å². The van der Waals surface area contributed by atoms with Gasteiger partial charge in [0.05, 0.1) is 12.7 Å². The van der Waals surface area contributed by atoms with Gasteiger partial charge >= 0.3 is 0 Å². The van der Waals surface area contributed by atoms with Crippen LogP contribution in [0.15, 0.2) is 24.4 Å². The predicted octanol–water partition coefficient (Wildman–Crippen LogP) is 3.06. The molecule has 0 saturated carbocycles. The van der Waals surface area contributed by atoms with E-state index in [4.69, 9.17) is 27.9 Å². The smallest absolute Gasteiger partial charge is 0.263 e. The van der Waals surface area contributed by atoms with Crippen LogP contribution in [-0.2, 0) is 22.6 Å². The minimum atomic E-state index is -0.417. The van der Waals surface area contributed by atoms with Crippen LogP contribution >= 0.6 is 34.5 Å². The fourth-order valence-corrected chi connectivity index (χ4v) is 4.44. The molecule has 0 aliphatic carbocycles. The molecule has 0 unspecified atom stereocenters. The Morgan fingerprint density at radius 1 is 1.27 bits per heavy atom. The number of ether oxygens (including phenoxy) is 1. The summed E-state index contributed by atoms with van der Waals surface area (Å²) in [6, 6.07) is 5.18. The number of hydrogen-bond donors (Lipinski definition) is 1. The summed E-state index contributed by atoms with van der Waals surface area (Å²) in [4.78, 5) is 33.6. The van der Waals surface area contributed by atoms with Gasteiger partial charge in [-0.05, 0) is 24.6 Å². The van der Waals surface area contributed by atoms with Crippen LogP contribution in [0.25, 0.3) is 0 Å². The Balaban J connectivity index is 1.48. The van der Waals surface area contributed by atoms with Gasteiger partial charge in [0.15, 0.2) is 0 Å². The van der Waals surface area contributed by atoms with Crippen LogP contribution in [0.3, 0.4) is 0 Å². The molecule has 1 aliphatic heterocycles. The number of aromatic nitrogens is 1. The Labute approximate surface area is 189 Å². The first-order valence-corrected chi connectivity index (χ1v) is 11.2. The molecule has 0 radical (unpaired) electrons. The lowest BCUT2D eigenvalue weighted by Gasteiger charge is -2.35. The zero-order valence-electron chi connectivity index (χ0n) is 16.9. The van der Waals surface area contributed by atoms with Crippen LogP contribution in [0, 0.1) is 0 Å². The Bertz CT molecular complexity index is 900. The Morgan fingerprint density at radius 2 is 2.00 bits per heavy atom. The van der Waals surface area contributed by atoms with Gasteiger partial charge in [0.2, 0.25) is 0 Å². The van der Waals surface area contributed by atoms with Gasteiger partial charge in [-0.1, -0.05) is 29.3 Å². The molecule has 1 fully saturated rings. The van der Waals surface area contributed by atoms with E-state index < -0.39 is 6.10 Å². The molecule has 7 nitrogen and oxygen atoms in total. The highest BCUT2D eigenvalue weighted by Crippen LogP contribution is 2.21. The van der Waals surface area contributed by atoms with E-state index in [1.165, 1.54) is 11.3 Å². The number of carbonyl (C=O) groups excluding carboxylic acids is 2. The topological polar surface area (TPSA) is 74.8 Å². The van der Waals surface area contributed by atoms with Crippen molar-refractivity contribution in [3.8, 4) is 0 Å². The van der Waals surface area contributed by atoms with Crippen LogP contribution in [0.4, 0.5) is 0 Å². The van der Waals surface area contributed by atoms with Crippen molar-refractivity contribution in [3.63, 3.8) is 0 Å². The number of carbonyl (C=O) groups is 2. The molecule has 30 heavy (non-hydrogen) atoms. The molecule has 1 aromatic heterocycles. The molecular formula is C20H24Cl2N4O3S. The van der Waals surface area contributed by atoms with Crippen molar-refractivity contribution in [3.05, 3.63) is 49.9 Å². The van der Waals surface area contributed by atoms with Gasteiger partial charge in [-0.2, -0.15) is 0 Å². The zero-order valence-corrected chi connectivity index (χ0v) is 19.2. The zero-order chi connectivity index (χ0) is 21.7. The lowest BCUT2D eigenvalue weighted by Crippen LogP contribution is -2.50. The van der Waals surface area contributed by atoms with Crippen LogP contribution in [0.2, 0.25) is 10.0 Å². The fraction of sp³-hybridized carbons (Fsp3) is 0.450. The predicted molar refractivity (Wildman–Crippen MR) is 118 cm³/mol. The number of nitrogens with zero attached hydrogens (tertiary/aromatic N) is 3. The molecule has 2 heterocycles. The Morgan fingerprint density at radius 3 is 2.67 bits per heavy atom. The highest BCUT2D eigenvalue weighted by molar-refractivity contribution is 7.13. The fourth-order valence-electron chi connectivity index (χ4n) is 3.09. The van der Waals surface area contributed by atoms with E-state index in [1.54, 1.807) is 38.4 Å². The number of rotatable bonds is 7. The van der Waals surface area contributed by atoms with Crippen LogP contribution < -0.4 is 5.32 Å². The molecule has 3 rings (SSSR count). The molecule has 1 aliphatic rings. The molecule has 2 aromatic rings. The molecule has 1 aromatic carbocycles. The van der Waals surface area contributed by atoms with Crippen LogP contribution in [-0.4, -0.2) is 66.0 Å². The van der Waals surface area contributed by atoms with Crippen molar-refractivity contribution < 1.29 is 14.3 Å². The Hall–Kier alpha value is -1.71. The largest absolute Gasteiger partial charge is 0.372 e. The SMILES string of the molecule is CO[C@H](C)C(=O)N1CCN(Cc2ncc(C(=O)NCc3ccc(Cl)cc3Cl)s2)CC1. The minimum Gasteiger partial charge on any atom is -0.372 e. The summed E-state index contributed by atoms with van der Waals surface area (Å²) in [5.41, 5.74) is 0.800. The number of thiazole rings is 1. The maximum atomic E-state index is 12.4. The molecular weight excluding hydrogens is 447 g/mol. The number of amides is 2. The average Bonchev–Trinajstić information content (AvgIpc) is 3.21. The number of benzene rings is 1. The van der Waals surface area contributed by atoms with Gasteiger partial charge in [-0.25, -0.2) is 4.98 Å². The third-order valence-corrected chi connectivity index (χ3v) is 6.54. The van der Waals surface area contributed by atoms with E-state index in [0.717, 1.165) is 23.7 Å². The van der Waals surface area contributed by atoms with Crippen molar-refractivity contribution in [1.82, 2.24) is 20.1 Å². The highest BCUT2D eigenvalue weighted by atomic mass is 35.5. The van der Waals surface area contributed by atoms with E-state index in [1.807, 2.05) is 4.90 Å². The van der Waals surface area contributed by atoms with Crippen molar-refractivity contribution in [1.29, 1.82) is 0 Å². The standard InChI is InChI=1S/C20H24Cl2N4O3S/c1-13(29-2)20(28)26-7-5-25(6-8-26)12-18-23-11-17(30-18)19(27)24-10-14-3-4-15(21)9-16(14)22/h3-4,9,11,13H,5-8,10,12H2,1-2H3,(H,24,27)/t13-/m1/s1. The highest BCUT2D eigenvalue weighted by Gasteiger charge is 2.25. The van der Waals surface area contributed by atoms with E-state index in [0.29, 0.717) is 41.1 Å².